The lowest BCUT2D eigenvalue weighted by Crippen LogP contribution is -2.23. The predicted octanol–water partition coefficient (Wildman–Crippen LogP) is 4.22. The summed E-state index contributed by atoms with van der Waals surface area (Å²) in [5.74, 6) is 2.72. The molecule has 1 unspecified atom stereocenters. The number of hydrogen-bond acceptors (Lipinski definition) is 5. The first-order valence-corrected chi connectivity index (χ1v) is 8.57. The summed E-state index contributed by atoms with van der Waals surface area (Å²) in [7, 11) is 1.67. The largest absolute Gasteiger partial charge is 0.461 e. The van der Waals surface area contributed by atoms with E-state index >= 15 is 0 Å². The van der Waals surface area contributed by atoms with Gasteiger partial charge in [0.2, 0.25) is 0 Å². The number of aromatic nitrogens is 2. The first-order valence-electron chi connectivity index (χ1n) is 8.57. The Kier molecular flexibility index (Phi) is 4.48. The maximum atomic E-state index is 5.94. The molecular weight excluding hydrogens is 314 g/mol. The summed E-state index contributed by atoms with van der Waals surface area (Å²) in [5, 5.41) is 0. The van der Waals surface area contributed by atoms with Gasteiger partial charge in [-0.3, -0.25) is 4.98 Å². The van der Waals surface area contributed by atoms with Gasteiger partial charge in [0.05, 0.1) is 24.1 Å². The highest BCUT2D eigenvalue weighted by Crippen LogP contribution is 2.36. The minimum Gasteiger partial charge on any atom is -0.461 e. The van der Waals surface area contributed by atoms with Gasteiger partial charge in [-0.05, 0) is 25.0 Å². The van der Waals surface area contributed by atoms with Gasteiger partial charge in [0.15, 0.2) is 0 Å². The van der Waals surface area contributed by atoms with Crippen molar-refractivity contribution in [2.45, 2.75) is 25.5 Å². The quantitative estimate of drug-likeness (QED) is 0.698. The first kappa shape index (κ1) is 15.8. The smallest absolute Gasteiger partial charge is 0.147 e. The second-order valence-corrected chi connectivity index (χ2v) is 6.21. The molecule has 0 aliphatic carbocycles. The van der Waals surface area contributed by atoms with Crippen molar-refractivity contribution in [3.05, 3.63) is 66.4 Å². The van der Waals surface area contributed by atoms with Crippen molar-refractivity contribution in [2.24, 2.45) is 0 Å². The molecule has 1 atom stereocenters. The molecule has 128 valence electrons. The zero-order valence-electron chi connectivity index (χ0n) is 14.3. The molecule has 2 aromatic heterocycles. The van der Waals surface area contributed by atoms with Crippen LogP contribution in [-0.4, -0.2) is 23.6 Å². The third-order valence-corrected chi connectivity index (χ3v) is 4.55. The highest BCUT2D eigenvalue weighted by Gasteiger charge is 2.29. The fourth-order valence-electron chi connectivity index (χ4n) is 3.36. The van der Waals surface area contributed by atoms with E-state index in [1.165, 1.54) is 0 Å². The van der Waals surface area contributed by atoms with Crippen molar-refractivity contribution in [1.29, 1.82) is 0 Å². The van der Waals surface area contributed by atoms with Crippen LogP contribution in [0.15, 0.2) is 59.3 Å². The number of rotatable bonds is 5. The predicted molar refractivity (Wildman–Crippen MR) is 96.2 cm³/mol. The van der Waals surface area contributed by atoms with E-state index in [9.17, 15) is 0 Å². The van der Waals surface area contributed by atoms with Crippen molar-refractivity contribution in [2.75, 3.05) is 18.6 Å². The highest BCUT2D eigenvalue weighted by atomic mass is 16.5. The van der Waals surface area contributed by atoms with Crippen LogP contribution in [0.25, 0.3) is 11.3 Å². The van der Waals surface area contributed by atoms with Crippen molar-refractivity contribution in [3.8, 4) is 11.3 Å². The Morgan fingerprint density at radius 1 is 1.12 bits per heavy atom. The van der Waals surface area contributed by atoms with E-state index in [4.69, 9.17) is 9.15 Å². The Balaban J connectivity index is 1.55. The van der Waals surface area contributed by atoms with Gasteiger partial charge >= 0.3 is 0 Å². The molecule has 3 aromatic rings. The lowest BCUT2D eigenvalue weighted by Gasteiger charge is -2.24. The Morgan fingerprint density at radius 2 is 2.00 bits per heavy atom. The van der Waals surface area contributed by atoms with Gasteiger partial charge in [-0.1, -0.05) is 30.3 Å². The summed E-state index contributed by atoms with van der Waals surface area (Å²) >= 11 is 0. The summed E-state index contributed by atoms with van der Waals surface area (Å²) in [6.45, 7) is 1.46. The number of benzene rings is 1. The normalized spacial score (nSPS) is 17.2. The summed E-state index contributed by atoms with van der Waals surface area (Å²) in [6.07, 6.45) is 5.88. The topological polar surface area (TPSA) is 51.4 Å². The molecule has 1 aliphatic heterocycles. The van der Waals surface area contributed by atoms with Crippen LogP contribution >= 0.6 is 0 Å². The third-order valence-electron chi connectivity index (χ3n) is 4.55. The van der Waals surface area contributed by atoms with Crippen LogP contribution in [0, 0.1) is 0 Å². The van der Waals surface area contributed by atoms with Crippen molar-refractivity contribution >= 4 is 5.82 Å². The van der Waals surface area contributed by atoms with E-state index < -0.39 is 0 Å². The fourth-order valence-corrected chi connectivity index (χ4v) is 3.36. The molecule has 0 amide bonds. The van der Waals surface area contributed by atoms with E-state index in [0.717, 1.165) is 48.0 Å². The summed E-state index contributed by atoms with van der Waals surface area (Å²) in [6, 6.07) is 14.4. The second kappa shape index (κ2) is 7.07. The molecule has 4 rings (SSSR count). The molecule has 1 fully saturated rings. The van der Waals surface area contributed by atoms with Gasteiger partial charge in [0, 0.05) is 19.2 Å². The molecular formula is C20H21N3O2. The lowest BCUT2D eigenvalue weighted by molar-refractivity contribution is 0.162. The zero-order chi connectivity index (χ0) is 17.1. The molecule has 5 heteroatoms. The second-order valence-electron chi connectivity index (χ2n) is 6.21. The van der Waals surface area contributed by atoms with Crippen molar-refractivity contribution in [3.63, 3.8) is 0 Å². The van der Waals surface area contributed by atoms with Crippen LogP contribution in [0.2, 0.25) is 0 Å². The van der Waals surface area contributed by atoms with Crippen LogP contribution in [0.1, 0.15) is 30.4 Å². The molecule has 1 aliphatic rings. The molecule has 0 saturated carbocycles. The maximum Gasteiger partial charge on any atom is 0.147 e. The average molecular weight is 335 g/mol. The van der Waals surface area contributed by atoms with Crippen LogP contribution in [-0.2, 0) is 11.3 Å². The molecule has 1 aromatic carbocycles. The molecule has 0 radical (unpaired) electrons. The molecule has 3 heterocycles. The van der Waals surface area contributed by atoms with Crippen molar-refractivity contribution < 1.29 is 9.15 Å². The van der Waals surface area contributed by atoms with Gasteiger partial charge < -0.3 is 14.1 Å². The third kappa shape index (κ3) is 3.28. The number of hydrogen-bond donors (Lipinski definition) is 0. The van der Waals surface area contributed by atoms with E-state index in [1.54, 1.807) is 7.11 Å². The first-order chi connectivity index (χ1) is 12.3. The number of ether oxygens (including phenoxy) is 1. The molecule has 1 saturated heterocycles. The molecule has 25 heavy (non-hydrogen) atoms. The number of anilines is 1. The minimum atomic E-state index is 0.211. The zero-order valence-corrected chi connectivity index (χ0v) is 14.3. The monoisotopic (exact) mass is 335 g/mol. The van der Waals surface area contributed by atoms with Gasteiger partial charge in [-0.25, -0.2) is 4.98 Å². The van der Waals surface area contributed by atoms with Crippen LogP contribution in [0.5, 0.6) is 0 Å². The summed E-state index contributed by atoms with van der Waals surface area (Å²) < 4.78 is 11.1. The van der Waals surface area contributed by atoms with Crippen molar-refractivity contribution in [1.82, 2.24) is 9.97 Å². The average Bonchev–Trinajstić information content (AvgIpc) is 3.32. The minimum absolute atomic E-state index is 0.211. The SMILES string of the molecule is COCc1ccc(C2CCCN2c2cnc(-c3ccccc3)cn2)o1. The Hall–Kier alpha value is -2.66. The summed E-state index contributed by atoms with van der Waals surface area (Å²) in [4.78, 5) is 11.5. The number of nitrogens with zero attached hydrogens (tertiary/aromatic N) is 3. The standard InChI is InChI=1S/C20H21N3O2/c1-24-14-16-9-10-19(25-16)18-8-5-11-23(18)20-13-21-17(12-22-20)15-6-3-2-4-7-15/h2-4,6-7,9-10,12-13,18H,5,8,11,14H2,1H3. The molecule has 0 spiro atoms. The number of methoxy groups -OCH3 is 1. The Morgan fingerprint density at radius 3 is 2.76 bits per heavy atom. The molecule has 5 nitrogen and oxygen atoms in total. The van der Waals surface area contributed by atoms with Gasteiger partial charge in [-0.2, -0.15) is 0 Å². The van der Waals surface area contributed by atoms with Crippen LogP contribution in [0.3, 0.4) is 0 Å². The molecule has 0 bridgehead atoms. The Bertz CT molecular complexity index is 814. The van der Waals surface area contributed by atoms with Gasteiger partial charge in [0.1, 0.15) is 23.9 Å². The highest BCUT2D eigenvalue weighted by molar-refractivity contribution is 5.58. The van der Waals surface area contributed by atoms with Gasteiger partial charge in [-0.15, -0.1) is 0 Å². The van der Waals surface area contributed by atoms with E-state index in [1.807, 2.05) is 54.9 Å². The fraction of sp³-hybridized carbons (Fsp3) is 0.300. The van der Waals surface area contributed by atoms with Crippen LogP contribution < -0.4 is 4.90 Å². The molecule has 0 N–H and O–H groups in total. The summed E-state index contributed by atoms with van der Waals surface area (Å²) in [5.41, 5.74) is 1.97. The van der Waals surface area contributed by atoms with Gasteiger partial charge in [0.25, 0.3) is 0 Å². The maximum absolute atomic E-state index is 5.94. The van der Waals surface area contributed by atoms with E-state index in [-0.39, 0.29) is 6.04 Å². The van der Waals surface area contributed by atoms with E-state index in [2.05, 4.69) is 14.9 Å². The lowest BCUT2D eigenvalue weighted by atomic mass is 10.1. The Labute approximate surface area is 147 Å². The van der Waals surface area contributed by atoms with Crippen LogP contribution in [0.4, 0.5) is 5.82 Å². The number of furan rings is 1. The van der Waals surface area contributed by atoms with E-state index in [0.29, 0.717) is 6.61 Å².